The van der Waals surface area contributed by atoms with Crippen LogP contribution < -0.4 is 11.1 Å². The van der Waals surface area contributed by atoms with Crippen LogP contribution in [-0.2, 0) is 16.1 Å². The van der Waals surface area contributed by atoms with Gasteiger partial charge >= 0.3 is 0 Å². The molecule has 0 spiro atoms. The Morgan fingerprint density at radius 2 is 1.89 bits per heavy atom. The molecule has 1 aliphatic heterocycles. The zero-order valence-electron chi connectivity index (χ0n) is 10.2. The number of carbonyl (C=O) groups excluding carboxylic acids is 1. The minimum Gasteiger partial charge on any atom is -0.381 e. The maximum atomic E-state index is 11.9. The highest BCUT2D eigenvalue weighted by atomic mass is 35.5. The fourth-order valence-corrected chi connectivity index (χ4v) is 1.93. The second-order valence-corrected chi connectivity index (χ2v) is 4.28. The van der Waals surface area contributed by atoms with Gasteiger partial charge in [0.15, 0.2) is 0 Å². The predicted molar refractivity (Wildman–Crippen MR) is 73.8 cm³/mol. The summed E-state index contributed by atoms with van der Waals surface area (Å²) in [5.41, 5.74) is 7.41. The number of amides is 1. The summed E-state index contributed by atoms with van der Waals surface area (Å²) in [6.45, 7) is 1.89. The number of nitrogens with two attached hydrogens (primary N) is 1. The van der Waals surface area contributed by atoms with E-state index in [1.807, 2.05) is 24.3 Å². The number of carbonyl (C=O) groups is 1. The summed E-state index contributed by atoms with van der Waals surface area (Å²) in [7, 11) is 0. The quantitative estimate of drug-likeness (QED) is 0.882. The molecule has 1 aromatic rings. The Morgan fingerprint density at radius 1 is 1.28 bits per heavy atom. The lowest BCUT2D eigenvalue weighted by Gasteiger charge is -2.21. The molecule has 18 heavy (non-hydrogen) atoms. The Bertz CT molecular complexity index is 375. The molecule has 4 nitrogen and oxygen atoms in total. The van der Waals surface area contributed by atoms with E-state index in [0.717, 1.165) is 24.1 Å². The first-order chi connectivity index (χ1) is 8.29. The van der Waals surface area contributed by atoms with Crippen molar-refractivity contribution < 1.29 is 9.53 Å². The lowest BCUT2D eigenvalue weighted by molar-refractivity contribution is -0.122. The maximum Gasteiger partial charge on any atom is 0.227 e. The highest BCUT2D eigenvalue weighted by Crippen LogP contribution is 2.17. The lowest BCUT2D eigenvalue weighted by Crippen LogP contribution is -2.28. The summed E-state index contributed by atoms with van der Waals surface area (Å²) >= 11 is 0. The highest BCUT2D eigenvalue weighted by molar-refractivity contribution is 5.92. The van der Waals surface area contributed by atoms with Gasteiger partial charge in [0.05, 0.1) is 0 Å². The van der Waals surface area contributed by atoms with E-state index in [4.69, 9.17) is 10.5 Å². The van der Waals surface area contributed by atoms with Crippen molar-refractivity contribution in [1.29, 1.82) is 0 Å². The fraction of sp³-hybridized carbons (Fsp3) is 0.462. The van der Waals surface area contributed by atoms with Crippen LogP contribution in [0.3, 0.4) is 0 Å². The van der Waals surface area contributed by atoms with Crippen molar-refractivity contribution in [3.05, 3.63) is 29.8 Å². The van der Waals surface area contributed by atoms with Crippen molar-refractivity contribution in [2.75, 3.05) is 18.5 Å². The molecule has 1 saturated heterocycles. The van der Waals surface area contributed by atoms with Gasteiger partial charge in [-0.3, -0.25) is 4.79 Å². The van der Waals surface area contributed by atoms with Crippen LogP contribution in [0, 0.1) is 5.92 Å². The van der Waals surface area contributed by atoms with Crippen LogP contribution in [-0.4, -0.2) is 19.1 Å². The van der Waals surface area contributed by atoms with Gasteiger partial charge in [-0.2, -0.15) is 0 Å². The predicted octanol–water partition coefficient (Wildman–Crippen LogP) is 1.93. The standard InChI is InChI=1S/C13H18N2O2.ClH/c14-9-10-1-3-12(4-2-10)15-13(16)11-5-7-17-8-6-11;/h1-4,11H,5-9,14H2,(H,15,16);1H. The largest absolute Gasteiger partial charge is 0.381 e. The minimum absolute atomic E-state index is 0. The third kappa shape index (κ3) is 3.98. The Kier molecular flexibility index (Phi) is 6.12. The fourth-order valence-electron chi connectivity index (χ4n) is 1.93. The van der Waals surface area contributed by atoms with Gasteiger partial charge < -0.3 is 15.8 Å². The Hall–Kier alpha value is -1.10. The first kappa shape index (κ1) is 15.0. The molecule has 1 heterocycles. The molecule has 1 fully saturated rings. The first-order valence-electron chi connectivity index (χ1n) is 5.97. The molecule has 0 radical (unpaired) electrons. The molecule has 0 unspecified atom stereocenters. The van der Waals surface area contributed by atoms with E-state index in [0.29, 0.717) is 19.8 Å². The minimum atomic E-state index is 0. The van der Waals surface area contributed by atoms with Crippen LogP contribution in [0.1, 0.15) is 18.4 Å². The number of nitrogens with one attached hydrogen (secondary N) is 1. The van der Waals surface area contributed by atoms with E-state index in [9.17, 15) is 4.79 Å². The second kappa shape index (κ2) is 7.36. The topological polar surface area (TPSA) is 64.3 Å². The summed E-state index contributed by atoms with van der Waals surface area (Å²) in [6.07, 6.45) is 1.62. The number of anilines is 1. The molecular formula is C13H19ClN2O2. The number of hydrogen-bond acceptors (Lipinski definition) is 3. The second-order valence-electron chi connectivity index (χ2n) is 4.28. The molecule has 5 heteroatoms. The van der Waals surface area contributed by atoms with E-state index >= 15 is 0 Å². The van der Waals surface area contributed by atoms with Crippen LogP contribution in [0.25, 0.3) is 0 Å². The van der Waals surface area contributed by atoms with Crippen molar-refractivity contribution in [1.82, 2.24) is 0 Å². The first-order valence-corrected chi connectivity index (χ1v) is 5.97. The molecule has 0 bridgehead atoms. The van der Waals surface area contributed by atoms with Gasteiger partial charge in [0.2, 0.25) is 5.91 Å². The zero-order chi connectivity index (χ0) is 12.1. The maximum absolute atomic E-state index is 11.9. The molecule has 100 valence electrons. The van der Waals surface area contributed by atoms with Crippen molar-refractivity contribution in [2.45, 2.75) is 19.4 Å². The summed E-state index contributed by atoms with van der Waals surface area (Å²) in [5, 5.41) is 2.93. The molecule has 1 aliphatic rings. The van der Waals surface area contributed by atoms with E-state index in [1.54, 1.807) is 0 Å². The summed E-state index contributed by atoms with van der Waals surface area (Å²) in [5.74, 6) is 0.173. The van der Waals surface area contributed by atoms with Crippen LogP contribution in [0.2, 0.25) is 0 Å². The van der Waals surface area contributed by atoms with Crippen LogP contribution in [0.5, 0.6) is 0 Å². The van der Waals surface area contributed by atoms with Gasteiger partial charge in [-0.25, -0.2) is 0 Å². The van der Waals surface area contributed by atoms with Crippen molar-refractivity contribution in [3.8, 4) is 0 Å². The lowest BCUT2D eigenvalue weighted by atomic mass is 9.99. The summed E-state index contributed by atoms with van der Waals surface area (Å²) in [4.78, 5) is 11.9. The van der Waals surface area contributed by atoms with Crippen molar-refractivity contribution in [3.63, 3.8) is 0 Å². The van der Waals surface area contributed by atoms with Crippen molar-refractivity contribution >= 4 is 24.0 Å². The molecule has 0 aliphatic carbocycles. The Balaban J connectivity index is 0.00000162. The third-order valence-corrected chi connectivity index (χ3v) is 3.05. The number of benzene rings is 1. The third-order valence-electron chi connectivity index (χ3n) is 3.05. The zero-order valence-corrected chi connectivity index (χ0v) is 11.0. The monoisotopic (exact) mass is 270 g/mol. The van der Waals surface area contributed by atoms with E-state index in [1.165, 1.54) is 0 Å². The van der Waals surface area contributed by atoms with Gasteiger partial charge in [-0.15, -0.1) is 12.4 Å². The summed E-state index contributed by atoms with van der Waals surface area (Å²) < 4.78 is 5.24. The highest BCUT2D eigenvalue weighted by Gasteiger charge is 2.21. The molecule has 0 atom stereocenters. The number of rotatable bonds is 3. The number of hydrogen-bond donors (Lipinski definition) is 2. The molecule has 3 N–H and O–H groups in total. The van der Waals surface area contributed by atoms with Crippen LogP contribution >= 0.6 is 12.4 Å². The van der Waals surface area contributed by atoms with Gasteiger partial charge in [-0.1, -0.05) is 12.1 Å². The van der Waals surface area contributed by atoms with Gasteiger partial charge in [-0.05, 0) is 30.5 Å². The molecular weight excluding hydrogens is 252 g/mol. The SMILES string of the molecule is Cl.NCc1ccc(NC(=O)C2CCOCC2)cc1. The van der Waals surface area contributed by atoms with E-state index < -0.39 is 0 Å². The van der Waals surface area contributed by atoms with Gasteiger partial charge in [0.1, 0.15) is 0 Å². The van der Waals surface area contributed by atoms with Crippen molar-refractivity contribution in [2.24, 2.45) is 11.7 Å². The van der Waals surface area contributed by atoms with E-state index in [2.05, 4.69) is 5.32 Å². The van der Waals surface area contributed by atoms with Crippen LogP contribution in [0.4, 0.5) is 5.69 Å². The number of ether oxygens (including phenoxy) is 1. The average molecular weight is 271 g/mol. The molecule has 1 aromatic carbocycles. The molecule has 2 rings (SSSR count). The number of halogens is 1. The molecule has 0 saturated carbocycles. The van der Waals surface area contributed by atoms with Crippen LogP contribution in [0.15, 0.2) is 24.3 Å². The smallest absolute Gasteiger partial charge is 0.227 e. The Labute approximate surface area is 113 Å². The Morgan fingerprint density at radius 3 is 2.44 bits per heavy atom. The molecule has 0 aromatic heterocycles. The van der Waals surface area contributed by atoms with Gasteiger partial charge in [0.25, 0.3) is 0 Å². The molecule has 1 amide bonds. The normalized spacial score (nSPS) is 15.8. The van der Waals surface area contributed by atoms with Gasteiger partial charge in [0, 0.05) is 31.4 Å². The average Bonchev–Trinajstić information content (AvgIpc) is 2.40. The van der Waals surface area contributed by atoms with E-state index in [-0.39, 0.29) is 24.2 Å². The summed E-state index contributed by atoms with van der Waals surface area (Å²) in [6, 6.07) is 7.64.